The Kier molecular flexibility index (Phi) is 2.90. The van der Waals surface area contributed by atoms with Crippen molar-refractivity contribution in [1.82, 2.24) is 0 Å². The van der Waals surface area contributed by atoms with Crippen LogP contribution in [0.15, 0.2) is 23.3 Å². The SMILES string of the molecule is C/C=C1\C[C@H]2[C@@H]3CCC(=O)[C@@]3(C)CC[C@@H]2[C@@]2(C)C(C)=CC(=O)C3OC132. The smallest absolute Gasteiger partial charge is 0.187 e. The molecule has 25 heavy (non-hydrogen) atoms. The van der Waals surface area contributed by atoms with Crippen molar-refractivity contribution in [3.8, 4) is 0 Å². The predicted molar refractivity (Wildman–Crippen MR) is 94.9 cm³/mol. The zero-order valence-electron chi connectivity index (χ0n) is 15.7. The second-order valence-electron chi connectivity index (χ2n) is 9.48. The van der Waals surface area contributed by atoms with E-state index < -0.39 is 5.60 Å². The Morgan fingerprint density at radius 3 is 2.68 bits per heavy atom. The van der Waals surface area contributed by atoms with Crippen LogP contribution < -0.4 is 0 Å². The van der Waals surface area contributed by atoms with E-state index in [1.165, 1.54) is 11.1 Å². The number of carbonyl (C=O) groups is 2. The van der Waals surface area contributed by atoms with Crippen LogP contribution in [0.4, 0.5) is 0 Å². The fraction of sp³-hybridized carbons (Fsp3) is 0.727. The van der Waals surface area contributed by atoms with Crippen molar-refractivity contribution in [3.63, 3.8) is 0 Å². The quantitative estimate of drug-likeness (QED) is 0.494. The van der Waals surface area contributed by atoms with E-state index in [1.807, 2.05) is 6.08 Å². The lowest BCUT2D eigenvalue weighted by Gasteiger charge is -2.59. The molecule has 3 heteroatoms. The van der Waals surface area contributed by atoms with Crippen molar-refractivity contribution in [2.24, 2.45) is 28.6 Å². The molecular weight excluding hydrogens is 312 g/mol. The summed E-state index contributed by atoms with van der Waals surface area (Å²) < 4.78 is 6.23. The molecule has 0 aromatic heterocycles. The van der Waals surface area contributed by atoms with Gasteiger partial charge in [-0.15, -0.1) is 0 Å². The van der Waals surface area contributed by atoms with Crippen molar-refractivity contribution in [2.45, 2.75) is 71.5 Å². The summed E-state index contributed by atoms with van der Waals surface area (Å²) in [6, 6.07) is 0. The summed E-state index contributed by atoms with van der Waals surface area (Å²) in [5, 5.41) is 0. The van der Waals surface area contributed by atoms with Gasteiger partial charge >= 0.3 is 0 Å². The van der Waals surface area contributed by atoms with Crippen molar-refractivity contribution < 1.29 is 14.3 Å². The predicted octanol–water partition coefficient (Wildman–Crippen LogP) is 4.02. The Bertz CT molecular complexity index is 761. The minimum atomic E-state index is -0.394. The standard InChI is InChI=1S/C22H28O3/c1-5-13-11-14-15-6-7-18(24)20(15,3)9-8-16(14)21(4)12(2)10-17(23)19-22(13,21)25-19/h5,10,14-16,19H,6-9,11H2,1-4H3/b13-5+/t14-,15-,16-,19?,20-,21+,22?/m0/s1. The maximum Gasteiger partial charge on any atom is 0.187 e. The number of carbonyl (C=O) groups excluding carboxylic acids is 2. The zero-order valence-corrected chi connectivity index (χ0v) is 15.7. The minimum absolute atomic E-state index is 0.108. The van der Waals surface area contributed by atoms with Crippen molar-refractivity contribution >= 4 is 11.6 Å². The van der Waals surface area contributed by atoms with E-state index in [0.29, 0.717) is 23.5 Å². The Labute approximate surface area is 149 Å². The van der Waals surface area contributed by atoms with Gasteiger partial charge in [-0.25, -0.2) is 0 Å². The number of ether oxygens (including phenoxy) is 1. The number of fused-ring (bicyclic) bond motifs is 4. The van der Waals surface area contributed by atoms with Crippen molar-refractivity contribution in [1.29, 1.82) is 0 Å². The first-order chi connectivity index (χ1) is 11.8. The normalized spacial score (nSPS) is 55.2. The molecule has 4 aliphatic carbocycles. The molecule has 134 valence electrons. The van der Waals surface area contributed by atoms with E-state index in [0.717, 1.165) is 32.1 Å². The summed E-state index contributed by atoms with van der Waals surface area (Å²) in [4.78, 5) is 25.1. The second kappa shape index (κ2) is 4.54. The van der Waals surface area contributed by atoms with Crippen LogP contribution >= 0.6 is 0 Å². The van der Waals surface area contributed by atoms with Crippen LogP contribution in [-0.4, -0.2) is 23.3 Å². The lowest BCUT2D eigenvalue weighted by Crippen LogP contribution is -2.59. The largest absolute Gasteiger partial charge is 0.352 e. The number of allylic oxidation sites excluding steroid dienone is 1. The molecule has 2 unspecified atom stereocenters. The third kappa shape index (κ3) is 1.55. The highest BCUT2D eigenvalue weighted by Gasteiger charge is 2.78. The van der Waals surface area contributed by atoms with E-state index in [2.05, 4.69) is 33.8 Å². The number of Topliss-reactive ketones (excluding diaryl/α,β-unsaturated/α-hetero) is 1. The number of rotatable bonds is 0. The molecule has 3 saturated carbocycles. The number of ketones is 2. The van der Waals surface area contributed by atoms with Gasteiger partial charge < -0.3 is 4.74 Å². The van der Waals surface area contributed by atoms with Gasteiger partial charge in [0.2, 0.25) is 0 Å². The maximum absolute atomic E-state index is 12.6. The lowest BCUT2D eigenvalue weighted by molar-refractivity contribution is -0.133. The molecule has 0 amide bonds. The first-order valence-corrected chi connectivity index (χ1v) is 9.90. The first-order valence-electron chi connectivity index (χ1n) is 9.90. The van der Waals surface area contributed by atoms with E-state index in [9.17, 15) is 9.59 Å². The fourth-order valence-corrected chi connectivity index (χ4v) is 7.48. The number of hydrogen-bond donors (Lipinski definition) is 0. The molecule has 0 aromatic carbocycles. The van der Waals surface area contributed by atoms with Gasteiger partial charge in [0, 0.05) is 17.3 Å². The molecule has 0 bridgehead atoms. The zero-order chi connectivity index (χ0) is 17.8. The topological polar surface area (TPSA) is 46.7 Å². The molecule has 1 saturated heterocycles. The molecule has 3 nitrogen and oxygen atoms in total. The molecule has 1 heterocycles. The van der Waals surface area contributed by atoms with Crippen LogP contribution in [0.25, 0.3) is 0 Å². The van der Waals surface area contributed by atoms with Crippen LogP contribution in [0.3, 0.4) is 0 Å². The molecule has 0 N–H and O–H groups in total. The number of hydrogen-bond acceptors (Lipinski definition) is 3. The second-order valence-corrected chi connectivity index (χ2v) is 9.48. The summed E-state index contributed by atoms with van der Waals surface area (Å²) in [5.41, 5.74) is 1.88. The van der Waals surface area contributed by atoms with E-state index >= 15 is 0 Å². The fourth-order valence-electron chi connectivity index (χ4n) is 7.48. The average molecular weight is 340 g/mol. The lowest BCUT2D eigenvalue weighted by atomic mass is 9.43. The third-order valence-electron chi connectivity index (χ3n) is 8.99. The first kappa shape index (κ1) is 16.0. The maximum atomic E-state index is 12.6. The molecule has 5 aliphatic rings. The Morgan fingerprint density at radius 2 is 1.96 bits per heavy atom. The van der Waals surface area contributed by atoms with Gasteiger partial charge in [0.25, 0.3) is 0 Å². The Hall–Kier alpha value is -1.22. The summed E-state index contributed by atoms with van der Waals surface area (Å²) in [7, 11) is 0. The van der Waals surface area contributed by atoms with Crippen LogP contribution in [0.1, 0.15) is 59.8 Å². The van der Waals surface area contributed by atoms with Gasteiger partial charge in [0.1, 0.15) is 11.4 Å². The highest BCUT2D eigenvalue weighted by molar-refractivity contribution is 6.00. The molecule has 1 aliphatic heterocycles. The molecule has 7 atom stereocenters. The van der Waals surface area contributed by atoms with Gasteiger partial charge in [0.15, 0.2) is 11.9 Å². The third-order valence-corrected chi connectivity index (χ3v) is 8.99. The Balaban J connectivity index is 1.66. The molecule has 1 spiro atoms. The monoisotopic (exact) mass is 340 g/mol. The van der Waals surface area contributed by atoms with Gasteiger partial charge in [-0.3, -0.25) is 9.59 Å². The van der Waals surface area contributed by atoms with E-state index in [1.54, 1.807) is 0 Å². The minimum Gasteiger partial charge on any atom is -0.352 e. The highest BCUT2D eigenvalue weighted by Crippen LogP contribution is 2.73. The van der Waals surface area contributed by atoms with E-state index in [-0.39, 0.29) is 22.7 Å². The molecule has 0 radical (unpaired) electrons. The highest BCUT2D eigenvalue weighted by atomic mass is 16.6. The van der Waals surface area contributed by atoms with E-state index in [4.69, 9.17) is 4.74 Å². The Morgan fingerprint density at radius 1 is 1.20 bits per heavy atom. The number of epoxide rings is 1. The van der Waals surface area contributed by atoms with Gasteiger partial charge in [-0.05, 0) is 68.9 Å². The van der Waals surface area contributed by atoms with Crippen LogP contribution in [-0.2, 0) is 14.3 Å². The summed E-state index contributed by atoms with van der Waals surface area (Å²) >= 11 is 0. The van der Waals surface area contributed by atoms with Crippen molar-refractivity contribution in [3.05, 3.63) is 23.3 Å². The van der Waals surface area contributed by atoms with Crippen molar-refractivity contribution in [2.75, 3.05) is 0 Å². The van der Waals surface area contributed by atoms with Crippen LogP contribution in [0, 0.1) is 28.6 Å². The van der Waals surface area contributed by atoms with Gasteiger partial charge in [-0.1, -0.05) is 25.5 Å². The molecular formula is C22H28O3. The summed E-state index contributed by atoms with van der Waals surface area (Å²) in [6.45, 7) is 8.77. The molecule has 0 aromatic rings. The summed E-state index contributed by atoms with van der Waals surface area (Å²) in [6.07, 6.45) is 8.65. The van der Waals surface area contributed by atoms with Gasteiger partial charge in [0.05, 0.1) is 0 Å². The average Bonchev–Trinajstić information content (AvgIpc) is 3.26. The molecule has 5 rings (SSSR count). The summed E-state index contributed by atoms with van der Waals surface area (Å²) in [5.74, 6) is 2.16. The van der Waals surface area contributed by atoms with Crippen LogP contribution in [0.5, 0.6) is 0 Å². The molecule has 4 fully saturated rings. The van der Waals surface area contributed by atoms with Gasteiger partial charge in [-0.2, -0.15) is 0 Å². The van der Waals surface area contributed by atoms with Crippen LogP contribution in [0.2, 0.25) is 0 Å².